The van der Waals surface area contributed by atoms with Crippen LogP contribution in [-0.4, -0.2) is 41.5 Å². The van der Waals surface area contributed by atoms with E-state index in [0.717, 1.165) is 10.1 Å². The Morgan fingerprint density at radius 2 is 1.77 bits per heavy atom. The van der Waals surface area contributed by atoms with Gasteiger partial charge in [0.1, 0.15) is 6.54 Å². The molecule has 1 aromatic heterocycles. The molecule has 8 nitrogen and oxygen atoms in total. The average molecular weight is 463 g/mol. The predicted octanol–water partition coefficient (Wildman–Crippen LogP) is 3.03. The summed E-state index contributed by atoms with van der Waals surface area (Å²) in [6.45, 7) is 5.55. The highest BCUT2D eigenvalue weighted by atomic mass is 35.5. The first-order valence-electron chi connectivity index (χ1n) is 9.75. The van der Waals surface area contributed by atoms with Crippen LogP contribution in [0.2, 0.25) is 5.02 Å². The Kier molecular flexibility index (Phi) is 6.78. The van der Waals surface area contributed by atoms with Gasteiger partial charge in [-0.2, -0.15) is 9.40 Å². The molecule has 0 fully saturated rings. The topological polar surface area (TPSA) is 101 Å². The molecule has 0 aliphatic rings. The van der Waals surface area contributed by atoms with Crippen LogP contribution in [-0.2, 0) is 21.4 Å². The number of hydrogen-bond donors (Lipinski definition) is 1. The predicted molar refractivity (Wildman–Crippen MR) is 121 cm³/mol. The second kappa shape index (κ2) is 9.17. The summed E-state index contributed by atoms with van der Waals surface area (Å²) in [6.07, 6.45) is 0. The molecule has 10 heteroatoms. The van der Waals surface area contributed by atoms with Gasteiger partial charge in [-0.15, -0.1) is 0 Å². The molecule has 3 rings (SSSR count). The first kappa shape index (κ1) is 22.9. The van der Waals surface area contributed by atoms with Crippen LogP contribution in [0.1, 0.15) is 19.5 Å². The molecule has 1 heterocycles. The minimum absolute atomic E-state index is 0.0211. The SMILES string of the molecule is CCN(CC)S(=O)(=O)c1ccc(Cl)c(NC(=O)Cn2nc(C)c3ccccc3c2=O)c1. The van der Waals surface area contributed by atoms with Gasteiger partial charge >= 0.3 is 0 Å². The van der Waals surface area contributed by atoms with Crippen LogP contribution in [0, 0.1) is 6.92 Å². The number of carbonyl (C=O) groups is 1. The van der Waals surface area contributed by atoms with Gasteiger partial charge in [-0.05, 0) is 31.2 Å². The number of anilines is 1. The summed E-state index contributed by atoms with van der Waals surface area (Å²) >= 11 is 6.17. The van der Waals surface area contributed by atoms with Gasteiger partial charge in [0.25, 0.3) is 5.56 Å². The zero-order valence-electron chi connectivity index (χ0n) is 17.4. The highest BCUT2D eigenvalue weighted by molar-refractivity contribution is 7.89. The number of nitrogens with one attached hydrogen (secondary N) is 1. The molecule has 0 atom stereocenters. The van der Waals surface area contributed by atoms with E-state index in [1.54, 1.807) is 39.0 Å². The van der Waals surface area contributed by atoms with E-state index in [-0.39, 0.29) is 27.7 Å². The third-order valence-electron chi connectivity index (χ3n) is 4.90. The van der Waals surface area contributed by atoms with Gasteiger partial charge in [0.15, 0.2) is 0 Å². The molecule has 1 N–H and O–H groups in total. The summed E-state index contributed by atoms with van der Waals surface area (Å²) in [7, 11) is -3.72. The molecule has 0 radical (unpaired) electrons. The Bertz CT molecular complexity index is 1300. The van der Waals surface area contributed by atoms with Gasteiger partial charge in [0.05, 0.1) is 26.7 Å². The van der Waals surface area contributed by atoms with Gasteiger partial charge in [-0.25, -0.2) is 13.1 Å². The number of hydrogen-bond acceptors (Lipinski definition) is 5. The Morgan fingerprint density at radius 1 is 1.13 bits per heavy atom. The van der Waals surface area contributed by atoms with Crippen molar-refractivity contribution in [3.05, 3.63) is 63.5 Å². The summed E-state index contributed by atoms with van der Waals surface area (Å²) in [4.78, 5) is 25.3. The molecule has 0 bridgehead atoms. The fourth-order valence-corrected chi connectivity index (χ4v) is 4.96. The van der Waals surface area contributed by atoms with Crippen LogP contribution >= 0.6 is 11.6 Å². The van der Waals surface area contributed by atoms with Crippen LogP contribution in [0.4, 0.5) is 5.69 Å². The molecule has 0 unspecified atom stereocenters. The smallest absolute Gasteiger partial charge is 0.275 e. The van der Waals surface area contributed by atoms with Crippen molar-refractivity contribution in [2.75, 3.05) is 18.4 Å². The highest BCUT2D eigenvalue weighted by Gasteiger charge is 2.23. The zero-order valence-corrected chi connectivity index (χ0v) is 19.0. The van der Waals surface area contributed by atoms with E-state index in [9.17, 15) is 18.0 Å². The fourth-order valence-electron chi connectivity index (χ4n) is 3.31. The molecule has 0 aliphatic heterocycles. The molecule has 0 aliphatic carbocycles. The quantitative estimate of drug-likeness (QED) is 0.581. The molecule has 31 heavy (non-hydrogen) atoms. The number of carbonyl (C=O) groups excluding carboxylic acids is 1. The van der Waals surface area contributed by atoms with Crippen molar-refractivity contribution in [1.29, 1.82) is 0 Å². The van der Waals surface area contributed by atoms with Crippen LogP contribution in [0.15, 0.2) is 52.2 Å². The van der Waals surface area contributed by atoms with Crippen molar-refractivity contribution < 1.29 is 13.2 Å². The van der Waals surface area contributed by atoms with Gasteiger partial charge in [0.2, 0.25) is 15.9 Å². The van der Waals surface area contributed by atoms with Gasteiger partial charge < -0.3 is 5.32 Å². The van der Waals surface area contributed by atoms with Crippen LogP contribution in [0.25, 0.3) is 10.8 Å². The van der Waals surface area contributed by atoms with E-state index in [2.05, 4.69) is 10.4 Å². The minimum atomic E-state index is -3.72. The van der Waals surface area contributed by atoms with E-state index in [1.165, 1.54) is 22.5 Å². The lowest BCUT2D eigenvalue weighted by atomic mass is 10.1. The van der Waals surface area contributed by atoms with Crippen LogP contribution in [0.3, 0.4) is 0 Å². The van der Waals surface area contributed by atoms with E-state index >= 15 is 0 Å². The summed E-state index contributed by atoms with van der Waals surface area (Å²) in [6, 6.07) is 11.2. The zero-order chi connectivity index (χ0) is 22.8. The maximum Gasteiger partial charge on any atom is 0.275 e. The van der Waals surface area contributed by atoms with Gasteiger partial charge in [-0.1, -0.05) is 43.6 Å². The molecule has 0 spiro atoms. The van der Waals surface area contributed by atoms with E-state index in [0.29, 0.717) is 24.2 Å². The van der Waals surface area contributed by atoms with Crippen molar-refractivity contribution in [1.82, 2.24) is 14.1 Å². The van der Waals surface area contributed by atoms with Gasteiger partial charge in [-0.3, -0.25) is 9.59 Å². The molecule has 3 aromatic rings. The lowest BCUT2D eigenvalue weighted by Gasteiger charge is -2.19. The second-order valence-electron chi connectivity index (χ2n) is 6.87. The van der Waals surface area contributed by atoms with E-state index in [4.69, 9.17) is 11.6 Å². The first-order valence-corrected chi connectivity index (χ1v) is 11.6. The molecule has 0 saturated carbocycles. The summed E-state index contributed by atoms with van der Waals surface area (Å²) in [5.41, 5.74) is 0.374. The number of sulfonamides is 1. The lowest BCUT2D eigenvalue weighted by molar-refractivity contribution is -0.117. The molecular weight excluding hydrogens is 440 g/mol. The number of aryl methyl sites for hydroxylation is 1. The largest absolute Gasteiger partial charge is 0.323 e. The van der Waals surface area contributed by atoms with Crippen molar-refractivity contribution >= 4 is 44.0 Å². The maximum atomic E-state index is 12.8. The molecule has 1 amide bonds. The minimum Gasteiger partial charge on any atom is -0.323 e. The standard InChI is InChI=1S/C21H23ClN4O4S/c1-4-25(5-2)31(29,30)15-10-11-18(22)19(12-15)23-20(27)13-26-21(28)17-9-7-6-8-16(17)14(3)24-26/h6-12H,4-5,13H2,1-3H3,(H,23,27). The number of amides is 1. The van der Waals surface area contributed by atoms with Gasteiger partial charge in [0, 0.05) is 18.5 Å². The Labute approximate surface area is 185 Å². The molecular formula is C21H23ClN4O4S. The van der Waals surface area contributed by atoms with Crippen molar-refractivity contribution in [2.45, 2.75) is 32.2 Å². The number of rotatable bonds is 7. The molecule has 164 valence electrons. The van der Waals surface area contributed by atoms with E-state index < -0.39 is 15.9 Å². The third-order valence-corrected chi connectivity index (χ3v) is 7.28. The Hall–Kier alpha value is -2.75. The number of halogens is 1. The third kappa shape index (κ3) is 4.63. The fraction of sp³-hybridized carbons (Fsp3) is 0.286. The van der Waals surface area contributed by atoms with Crippen LogP contribution < -0.4 is 10.9 Å². The summed E-state index contributed by atoms with van der Waals surface area (Å²) in [5.74, 6) is -0.552. The normalized spacial score (nSPS) is 11.8. The number of aromatic nitrogens is 2. The maximum absolute atomic E-state index is 12.8. The van der Waals surface area contributed by atoms with Crippen LogP contribution in [0.5, 0.6) is 0 Å². The second-order valence-corrected chi connectivity index (χ2v) is 9.22. The van der Waals surface area contributed by atoms with Crippen molar-refractivity contribution in [3.8, 4) is 0 Å². The first-order chi connectivity index (χ1) is 14.7. The number of fused-ring (bicyclic) bond motifs is 1. The Balaban J connectivity index is 1.89. The number of nitrogens with zero attached hydrogens (tertiary/aromatic N) is 3. The average Bonchev–Trinajstić information content (AvgIpc) is 2.74. The van der Waals surface area contributed by atoms with Crippen molar-refractivity contribution in [3.63, 3.8) is 0 Å². The van der Waals surface area contributed by atoms with E-state index in [1.807, 2.05) is 6.07 Å². The monoisotopic (exact) mass is 462 g/mol. The Morgan fingerprint density at radius 3 is 2.42 bits per heavy atom. The lowest BCUT2D eigenvalue weighted by Crippen LogP contribution is -2.31. The molecule has 0 saturated heterocycles. The summed E-state index contributed by atoms with van der Waals surface area (Å²) < 4.78 is 27.9. The molecule has 2 aromatic carbocycles. The summed E-state index contributed by atoms with van der Waals surface area (Å²) in [5, 5.41) is 8.17. The van der Waals surface area contributed by atoms with Crippen molar-refractivity contribution in [2.24, 2.45) is 0 Å². The highest BCUT2D eigenvalue weighted by Crippen LogP contribution is 2.27. The number of benzene rings is 2.